The van der Waals surface area contributed by atoms with E-state index >= 15 is 0 Å². The summed E-state index contributed by atoms with van der Waals surface area (Å²) in [5.74, 6) is 1.60. The van der Waals surface area contributed by atoms with Crippen LogP contribution in [0.2, 0.25) is 0 Å². The average molecular weight is 402 g/mol. The first-order chi connectivity index (χ1) is 14.6. The molecule has 154 valence electrons. The molecule has 30 heavy (non-hydrogen) atoms. The van der Waals surface area contributed by atoms with Gasteiger partial charge in [0.05, 0.1) is 12.8 Å². The van der Waals surface area contributed by atoms with Crippen molar-refractivity contribution in [3.8, 4) is 11.5 Å². The number of carbonyl (C=O) groups is 1. The molecule has 1 amide bonds. The van der Waals surface area contributed by atoms with Gasteiger partial charge in [0.2, 0.25) is 0 Å². The van der Waals surface area contributed by atoms with Crippen molar-refractivity contribution < 1.29 is 14.3 Å². The zero-order valence-corrected chi connectivity index (χ0v) is 17.2. The third-order valence-electron chi connectivity index (χ3n) is 4.23. The number of ether oxygens (including phenoxy) is 2. The maximum Gasteiger partial charge on any atom is 0.271 e. The molecule has 0 aromatic heterocycles. The number of para-hydroxylation sites is 1. The lowest BCUT2D eigenvalue weighted by Crippen LogP contribution is -2.17. The van der Waals surface area contributed by atoms with Crippen LogP contribution in [0.1, 0.15) is 35.3 Å². The quantitative estimate of drug-likeness (QED) is 0.402. The second-order valence-corrected chi connectivity index (χ2v) is 7.24. The third-order valence-corrected chi connectivity index (χ3v) is 4.23. The Morgan fingerprint density at radius 1 is 0.933 bits per heavy atom. The fourth-order valence-corrected chi connectivity index (χ4v) is 2.64. The van der Waals surface area contributed by atoms with Gasteiger partial charge in [0.25, 0.3) is 5.91 Å². The van der Waals surface area contributed by atoms with E-state index in [4.69, 9.17) is 9.47 Å². The van der Waals surface area contributed by atoms with Crippen molar-refractivity contribution in [1.82, 2.24) is 5.43 Å². The van der Waals surface area contributed by atoms with Crippen molar-refractivity contribution in [2.24, 2.45) is 11.0 Å². The Labute approximate surface area is 177 Å². The summed E-state index contributed by atoms with van der Waals surface area (Å²) in [6.45, 7) is 5.28. The lowest BCUT2D eigenvalue weighted by molar-refractivity contribution is 0.0955. The van der Waals surface area contributed by atoms with Gasteiger partial charge in [-0.1, -0.05) is 56.3 Å². The van der Waals surface area contributed by atoms with Crippen LogP contribution in [0.3, 0.4) is 0 Å². The number of benzene rings is 3. The fraction of sp³-hybridized carbons (Fsp3) is 0.200. The van der Waals surface area contributed by atoms with Crippen molar-refractivity contribution in [3.63, 3.8) is 0 Å². The first kappa shape index (κ1) is 21.1. The standard InChI is InChI=1S/C25H26N2O3/c1-19(2)17-29-23-14-12-21(13-15-23)25(28)27-26-16-22-10-6-7-11-24(22)30-18-20-8-4-3-5-9-20/h3-16,19H,17-18H2,1-2H3,(H,27,28)/b26-16+. The Kier molecular flexibility index (Phi) is 7.61. The van der Waals surface area contributed by atoms with Gasteiger partial charge in [0.15, 0.2) is 0 Å². The maximum atomic E-state index is 12.3. The fourth-order valence-electron chi connectivity index (χ4n) is 2.64. The predicted octanol–water partition coefficient (Wildman–Crippen LogP) is 5.06. The highest BCUT2D eigenvalue weighted by molar-refractivity contribution is 5.95. The molecule has 1 N–H and O–H groups in total. The van der Waals surface area contributed by atoms with Gasteiger partial charge in [0, 0.05) is 11.1 Å². The molecule has 0 aliphatic rings. The Balaban J connectivity index is 1.56. The van der Waals surface area contributed by atoms with E-state index in [1.54, 1.807) is 30.5 Å². The van der Waals surface area contributed by atoms with Gasteiger partial charge in [0.1, 0.15) is 18.1 Å². The van der Waals surface area contributed by atoms with Crippen LogP contribution in [0.15, 0.2) is 84.0 Å². The molecule has 3 aromatic rings. The Morgan fingerprint density at radius 3 is 2.37 bits per heavy atom. The summed E-state index contributed by atoms with van der Waals surface area (Å²) in [6, 6.07) is 24.5. The first-order valence-electron chi connectivity index (χ1n) is 9.94. The van der Waals surface area contributed by atoms with Crippen LogP contribution < -0.4 is 14.9 Å². The third kappa shape index (κ3) is 6.48. The van der Waals surface area contributed by atoms with E-state index in [2.05, 4.69) is 24.4 Å². The molecule has 0 spiro atoms. The van der Waals surface area contributed by atoms with Gasteiger partial charge in [-0.05, 0) is 47.9 Å². The number of hydrogen-bond acceptors (Lipinski definition) is 4. The zero-order valence-electron chi connectivity index (χ0n) is 17.2. The second kappa shape index (κ2) is 10.8. The molecule has 0 saturated carbocycles. The summed E-state index contributed by atoms with van der Waals surface area (Å²) in [5.41, 5.74) is 4.93. The van der Waals surface area contributed by atoms with Crippen LogP contribution in [0.4, 0.5) is 0 Å². The summed E-state index contributed by atoms with van der Waals surface area (Å²) in [7, 11) is 0. The normalized spacial score (nSPS) is 10.9. The second-order valence-electron chi connectivity index (χ2n) is 7.24. The van der Waals surface area contributed by atoms with Crippen molar-refractivity contribution in [1.29, 1.82) is 0 Å². The lowest BCUT2D eigenvalue weighted by Gasteiger charge is -2.09. The maximum absolute atomic E-state index is 12.3. The number of nitrogens with zero attached hydrogens (tertiary/aromatic N) is 1. The van der Waals surface area contributed by atoms with E-state index in [1.165, 1.54) is 0 Å². The number of carbonyl (C=O) groups excluding carboxylic acids is 1. The topological polar surface area (TPSA) is 59.9 Å². The van der Waals surface area contributed by atoms with Gasteiger partial charge in [-0.3, -0.25) is 4.79 Å². The highest BCUT2D eigenvalue weighted by Crippen LogP contribution is 2.18. The van der Waals surface area contributed by atoms with Crippen LogP contribution >= 0.6 is 0 Å². The molecule has 0 bridgehead atoms. The molecule has 0 heterocycles. The molecule has 0 fully saturated rings. The Morgan fingerprint density at radius 2 is 1.63 bits per heavy atom. The molecule has 3 rings (SSSR count). The van der Waals surface area contributed by atoms with Crippen LogP contribution in [0, 0.1) is 5.92 Å². The molecule has 3 aromatic carbocycles. The van der Waals surface area contributed by atoms with Crippen LogP contribution in [0.5, 0.6) is 11.5 Å². The minimum absolute atomic E-state index is 0.288. The molecular formula is C25H26N2O3. The number of rotatable bonds is 9. The highest BCUT2D eigenvalue weighted by Gasteiger charge is 2.06. The van der Waals surface area contributed by atoms with E-state index in [1.807, 2.05) is 54.6 Å². The summed E-state index contributed by atoms with van der Waals surface area (Å²) < 4.78 is 11.5. The molecule has 0 aliphatic heterocycles. The Bertz CT molecular complexity index is 967. The number of amides is 1. The van der Waals surface area contributed by atoms with Crippen molar-refractivity contribution in [2.45, 2.75) is 20.5 Å². The lowest BCUT2D eigenvalue weighted by atomic mass is 10.2. The molecule has 5 heteroatoms. The number of nitrogens with one attached hydrogen (secondary N) is 1. The number of hydrogen-bond donors (Lipinski definition) is 1. The van der Waals surface area contributed by atoms with E-state index in [0.717, 1.165) is 16.9 Å². The van der Waals surface area contributed by atoms with Crippen LogP contribution in [-0.4, -0.2) is 18.7 Å². The van der Waals surface area contributed by atoms with Gasteiger partial charge in [-0.25, -0.2) is 5.43 Å². The molecule has 0 radical (unpaired) electrons. The van der Waals surface area contributed by atoms with Gasteiger partial charge < -0.3 is 9.47 Å². The highest BCUT2D eigenvalue weighted by atomic mass is 16.5. The summed E-state index contributed by atoms with van der Waals surface area (Å²) in [5, 5.41) is 4.08. The summed E-state index contributed by atoms with van der Waals surface area (Å²) in [4.78, 5) is 12.3. The average Bonchev–Trinajstić information content (AvgIpc) is 2.78. The molecule has 5 nitrogen and oxygen atoms in total. The monoisotopic (exact) mass is 402 g/mol. The number of hydrazone groups is 1. The molecular weight excluding hydrogens is 376 g/mol. The van der Waals surface area contributed by atoms with Crippen LogP contribution in [0.25, 0.3) is 0 Å². The SMILES string of the molecule is CC(C)COc1ccc(C(=O)N/N=C/c2ccccc2OCc2ccccc2)cc1. The van der Waals surface area contributed by atoms with Crippen molar-refractivity contribution in [2.75, 3.05) is 6.61 Å². The molecule has 0 unspecified atom stereocenters. The van der Waals surface area contributed by atoms with Crippen molar-refractivity contribution >= 4 is 12.1 Å². The largest absolute Gasteiger partial charge is 0.493 e. The molecule has 0 atom stereocenters. The zero-order chi connectivity index (χ0) is 21.2. The van der Waals surface area contributed by atoms with Gasteiger partial charge in [-0.15, -0.1) is 0 Å². The van der Waals surface area contributed by atoms with Crippen LogP contribution in [-0.2, 0) is 6.61 Å². The van der Waals surface area contributed by atoms with Gasteiger partial charge >= 0.3 is 0 Å². The smallest absolute Gasteiger partial charge is 0.271 e. The van der Waals surface area contributed by atoms with E-state index in [9.17, 15) is 4.79 Å². The molecule has 0 saturated heterocycles. The minimum Gasteiger partial charge on any atom is -0.493 e. The summed E-state index contributed by atoms with van der Waals surface area (Å²) in [6.07, 6.45) is 1.58. The first-order valence-corrected chi connectivity index (χ1v) is 9.94. The summed E-state index contributed by atoms with van der Waals surface area (Å²) >= 11 is 0. The van der Waals surface area contributed by atoms with Crippen molar-refractivity contribution in [3.05, 3.63) is 95.6 Å². The van der Waals surface area contributed by atoms with E-state index < -0.39 is 0 Å². The minimum atomic E-state index is -0.288. The molecule has 0 aliphatic carbocycles. The predicted molar refractivity (Wildman–Crippen MR) is 119 cm³/mol. The Hall–Kier alpha value is -3.60. The van der Waals surface area contributed by atoms with E-state index in [0.29, 0.717) is 30.4 Å². The van der Waals surface area contributed by atoms with Gasteiger partial charge in [-0.2, -0.15) is 5.10 Å². The van der Waals surface area contributed by atoms with E-state index in [-0.39, 0.29) is 5.91 Å².